The summed E-state index contributed by atoms with van der Waals surface area (Å²) in [5, 5.41) is 5.01. The summed E-state index contributed by atoms with van der Waals surface area (Å²) >= 11 is 4.26. The first kappa shape index (κ1) is 11.9. The molecule has 0 amide bonds. The van der Waals surface area contributed by atoms with Crippen molar-refractivity contribution in [3.8, 4) is 0 Å². The van der Waals surface area contributed by atoms with E-state index in [2.05, 4.69) is 39.3 Å². The molecular weight excluding hydrogens is 254 g/mol. The Bertz CT molecular complexity index is 405. The van der Waals surface area contributed by atoms with E-state index >= 15 is 0 Å². The third-order valence-corrected chi connectivity index (χ3v) is 5.06. The van der Waals surface area contributed by atoms with Gasteiger partial charge in [-0.05, 0) is 13.0 Å². The lowest BCUT2D eigenvalue weighted by Gasteiger charge is -2.39. The van der Waals surface area contributed by atoms with E-state index < -0.39 is 0 Å². The van der Waals surface area contributed by atoms with E-state index in [4.69, 9.17) is 4.74 Å². The number of fused-ring (bicyclic) bond motifs is 1. The largest absolute Gasteiger partial charge is 0.378 e. The van der Waals surface area contributed by atoms with Gasteiger partial charge >= 0.3 is 0 Å². The minimum Gasteiger partial charge on any atom is -0.378 e. The molecule has 4 nitrogen and oxygen atoms in total. The third kappa shape index (κ3) is 2.23. The van der Waals surface area contributed by atoms with Crippen LogP contribution in [-0.4, -0.2) is 40.5 Å². The minimum absolute atomic E-state index is 0.358. The van der Waals surface area contributed by atoms with Crippen molar-refractivity contribution < 1.29 is 4.74 Å². The number of rotatable bonds is 3. The fraction of sp³-hybridized carbons (Fsp3) is 0.727. The molecule has 3 heterocycles. The third-order valence-electron chi connectivity index (χ3n) is 3.56. The topological polar surface area (TPSA) is 30.3 Å². The normalized spacial score (nSPS) is 23.2. The number of hydrogen-bond donors (Lipinski definition) is 1. The highest BCUT2D eigenvalue weighted by atomic mass is 33.1. The zero-order chi connectivity index (χ0) is 11.8. The van der Waals surface area contributed by atoms with Crippen LogP contribution in [0.4, 0.5) is 0 Å². The van der Waals surface area contributed by atoms with Crippen molar-refractivity contribution in [2.45, 2.75) is 31.3 Å². The molecular formula is C11H17N3OS2. The lowest BCUT2D eigenvalue weighted by molar-refractivity contribution is -0.0735. The Kier molecular flexibility index (Phi) is 3.38. The molecule has 1 unspecified atom stereocenters. The lowest BCUT2D eigenvalue weighted by Crippen LogP contribution is -2.51. The van der Waals surface area contributed by atoms with E-state index in [-0.39, 0.29) is 0 Å². The fourth-order valence-corrected chi connectivity index (χ4v) is 2.85. The zero-order valence-electron chi connectivity index (χ0n) is 9.87. The van der Waals surface area contributed by atoms with Crippen LogP contribution in [0, 0.1) is 0 Å². The number of hydrogen-bond acceptors (Lipinski definition) is 5. The molecule has 94 valence electrons. The van der Waals surface area contributed by atoms with E-state index in [1.807, 2.05) is 0 Å². The maximum Gasteiger partial charge on any atom is 0.0763 e. The van der Waals surface area contributed by atoms with Gasteiger partial charge in [-0.3, -0.25) is 9.58 Å². The van der Waals surface area contributed by atoms with Crippen molar-refractivity contribution in [2.75, 3.05) is 19.8 Å². The molecule has 2 aliphatic rings. The lowest BCUT2D eigenvalue weighted by atomic mass is 10.1. The Morgan fingerprint density at radius 2 is 2.35 bits per heavy atom. The Balaban J connectivity index is 1.75. The van der Waals surface area contributed by atoms with Crippen LogP contribution >= 0.6 is 22.5 Å². The number of nitrogens with zero attached hydrogens (tertiary/aromatic N) is 3. The molecule has 0 spiro atoms. The van der Waals surface area contributed by atoms with Gasteiger partial charge in [-0.25, -0.2) is 0 Å². The Labute approximate surface area is 110 Å². The first-order valence-corrected chi connectivity index (χ1v) is 7.90. The van der Waals surface area contributed by atoms with E-state index in [0.717, 1.165) is 38.5 Å². The zero-order valence-corrected chi connectivity index (χ0v) is 11.6. The second-order valence-corrected chi connectivity index (χ2v) is 6.24. The highest BCUT2D eigenvalue weighted by Gasteiger charge is 2.29. The Morgan fingerprint density at radius 3 is 3.00 bits per heavy atom. The molecule has 3 rings (SSSR count). The van der Waals surface area contributed by atoms with E-state index in [1.165, 1.54) is 5.69 Å². The van der Waals surface area contributed by atoms with Gasteiger partial charge in [0.1, 0.15) is 0 Å². The highest BCUT2D eigenvalue weighted by molar-refractivity contribution is 8.68. The molecule has 1 aromatic rings. The smallest absolute Gasteiger partial charge is 0.0763 e. The van der Waals surface area contributed by atoms with Crippen LogP contribution in [0.25, 0.3) is 0 Å². The van der Waals surface area contributed by atoms with Crippen LogP contribution in [0.2, 0.25) is 0 Å². The Hall–Kier alpha value is -0.170. The standard InChI is InChI=1S/C11H17N3OS2/c1-8(17-16)11-4-9-5-13(10-6-15-7-10)2-3-14(9)12-11/h4,8,10,16H,2-3,5-7H2,1H3. The summed E-state index contributed by atoms with van der Waals surface area (Å²) in [5.41, 5.74) is 2.47. The summed E-state index contributed by atoms with van der Waals surface area (Å²) in [6.07, 6.45) is 0. The molecule has 0 bridgehead atoms. The summed E-state index contributed by atoms with van der Waals surface area (Å²) in [5.74, 6) is 0. The molecule has 1 saturated heterocycles. The van der Waals surface area contributed by atoms with Crippen molar-refractivity contribution in [2.24, 2.45) is 0 Å². The molecule has 0 radical (unpaired) electrons. The second-order valence-electron chi connectivity index (χ2n) is 4.69. The summed E-state index contributed by atoms with van der Waals surface area (Å²) in [4.78, 5) is 2.50. The average molecular weight is 271 g/mol. The van der Waals surface area contributed by atoms with E-state index in [0.29, 0.717) is 11.3 Å². The molecule has 1 fully saturated rings. The van der Waals surface area contributed by atoms with Crippen LogP contribution in [0.1, 0.15) is 23.6 Å². The molecule has 1 atom stereocenters. The second kappa shape index (κ2) is 4.84. The highest BCUT2D eigenvalue weighted by Crippen LogP contribution is 2.31. The molecule has 0 N–H and O–H groups in total. The molecule has 1 aromatic heterocycles. The first-order chi connectivity index (χ1) is 8.28. The van der Waals surface area contributed by atoms with Crippen LogP contribution in [0.15, 0.2) is 6.07 Å². The molecule has 2 aliphatic heterocycles. The number of thiol groups is 1. The monoisotopic (exact) mass is 271 g/mol. The van der Waals surface area contributed by atoms with Gasteiger partial charge in [0.15, 0.2) is 0 Å². The van der Waals surface area contributed by atoms with Gasteiger partial charge in [-0.2, -0.15) is 5.10 Å². The maximum absolute atomic E-state index is 5.26. The maximum atomic E-state index is 5.26. The van der Waals surface area contributed by atoms with Crippen LogP contribution in [0.5, 0.6) is 0 Å². The number of ether oxygens (including phenoxy) is 1. The van der Waals surface area contributed by atoms with Crippen molar-refractivity contribution >= 4 is 22.5 Å². The average Bonchev–Trinajstić information content (AvgIpc) is 2.68. The van der Waals surface area contributed by atoms with Gasteiger partial charge in [0.25, 0.3) is 0 Å². The molecule has 0 aromatic carbocycles. The SMILES string of the molecule is CC(SS)c1cc2n(n1)CCN(C1COC1)C2. The summed E-state index contributed by atoms with van der Waals surface area (Å²) < 4.78 is 7.40. The fourth-order valence-electron chi connectivity index (χ4n) is 2.31. The summed E-state index contributed by atoms with van der Waals surface area (Å²) in [7, 11) is 1.55. The van der Waals surface area contributed by atoms with Crippen molar-refractivity contribution in [3.63, 3.8) is 0 Å². The van der Waals surface area contributed by atoms with Crippen molar-refractivity contribution in [1.29, 1.82) is 0 Å². The Morgan fingerprint density at radius 1 is 1.53 bits per heavy atom. The predicted octanol–water partition coefficient (Wildman–Crippen LogP) is 1.74. The van der Waals surface area contributed by atoms with Gasteiger partial charge in [0, 0.05) is 13.1 Å². The molecule has 17 heavy (non-hydrogen) atoms. The van der Waals surface area contributed by atoms with E-state index in [9.17, 15) is 0 Å². The van der Waals surface area contributed by atoms with Crippen LogP contribution in [0.3, 0.4) is 0 Å². The number of aromatic nitrogens is 2. The molecule has 0 saturated carbocycles. The van der Waals surface area contributed by atoms with Crippen molar-refractivity contribution in [3.05, 3.63) is 17.5 Å². The van der Waals surface area contributed by atoms with Crippen LogP contribution < -0.4 is 0 Å². The van der Waals surface area contributed by atoms with Gasteiger partial charge < -0.3 is 4.74 Å². The summed E-state index contributed by atoms with van der Waals surface area (Å²) in [6.45, 7) is 7.02. The van der Waals surface area contributed by atoms with Crippen LogP contribution in [-0.2, 0) is 17.8 Å². The van der Waals surface area contributed by atoms with Gasteiger partial charge in [-0.15, -0.1) is 11.7 Å². The molecule has 0 aliphatic carbocycles. The van der Waals surface area contributed by atoms with E-state index in [1.54, 1.807) is 10.8 Å². The molecule has 6 heteroatoms. The minimum atomic E-state index is 0.358. The summed E-state index contributed by atoms with van der Waals surface area (Å²) in [6, 6.07) is 2.85. The van der Waals surface area contributed by atoms with Gasteiger partial charge in [0.2, 0.25) is 0 Å². The van der Waals surface area contributed by atoms with Gasteiger partial charge in [0.05, 0.1) is 42.4 Å². The first-order valence-electron chi connectivity index (χ1n) is 5.96. The van der Waals surface area contributed by atoms with Crippen molar-refractivity contribution in [1.82, 2.24) is 14.7 Å². The predicted molar refractivity (Wildman–Crippen MR) is 72.2 cm³/mol. The quantitative estimate of drug-likeness (QED) is 0.670. The van der Waals surface area contributed by atoms with Gasteiger partial charge in [-0.1, -0.05) is 10.8 Å².